The minimum Gasteiger partial charge on any atom is -0.383 e. The number of rotatable bonds is 5. The molecule has 5 heteroatoms. The Morgan fingerprint density at radius 1 is 1.50 bits per heavy atom. The second-order valence-electron chi connectivity index (χ2n) is 3.82. The van der Waals surface area contributed by atoms with Gasteiger partial charge in [-0.1, -0.05) is 23.2 Å². The van der Waals surface area contributed by atoms with Crippen LogP contribution in [0.3, 0.4) is 0 Å². The fourth-order valence-electron chi connectivity index (χ4n) is 1.35. The number of likely N-dealkylation sites (N-methyl/N-ethyl adjacent to an activating group) is 1. The maximum absolute atomic E-state index is 6.07. The van der Waals surface area contributed by atoms with Crippen molar-refractivity contribution in [1.82, 2.24) is 9.88 Å². The average molecular weight is 263 g/mol. The van der Waals surface area contributed by atoms with Gasteiger partial charge in [0, 0.05) is 36.5 Å². The monoisotopic (exact) mass is 262 g/mol. The van der Waals surface area contributed by atoms with E-state index in [-0.39, 0.29) is 0 Å². The Balaban J connectivity index is 2.65. The molecule has 16 heavy (non-hydrogen) atoms. The van der Waals surface area contributed by atoms with Gasteiger partial charge in [0.25, 0.3) is 0 Å². The highest BCUT2D eigenvalue weighted by Gasteiger charge is 2.11. The standard InChI is InChI=1S/C11H16Cl2N2O/c1-8(7-16-3)15(2)6-9-5-14-11(13)4-10(9)12/h4-5,8H,6-7H2,1-3H3. The first kappa shape index (κ1) is 13.7. The van der Waals surface area contributed by atoms with Crippen LogP contribution in [0.25, 0.3) is 0 Å². The Kier molecular flexibility index (Phi) is 5.49. The van der Waals surface area contributed by atoms with Gasteiger partial charge in [-0.25, -0.2) is 4.98 Å². The molecule has 0 aliphatic heterocycles. The van der Waals surface area contributed by atoms with E-state index >= 15 is 0 Å². The molecular formula is C11H16Cl2N2O. The SMILES string of the molecule is COCC(C)N(C)Cc1cnc(Cl)cc1Cl. The Labute approximate surface area is 106 Å². The number of pyridine rings is 1. The molecule has 90 valence electrons. The molecule has 0 radical (unpaired) electrons. The lowest BCUT2D eigenvalue weighted by Gasteiger charge is -2.24. The predicted octanol–water partition coefficient (Wildman–Crippen LogP) is 2.86. The van der Waals surface area contributed by atoms with E-state index in [0.717, 1.165) is 12.1 Å². The highest BCUT2D eigenvalue weighted by atomic mass is 35.5. The van der Waals surface area contributed by atoms with E-state index in [2.05, 4.69) is 16.8 Å². The van der Waals surface area contributed by atoms with Crippen molar-refractivity contribution in [3.8, 4) is 0 Å². The van der Waals surface area contributed by atoms with Crippen LogP contribution in [-0.2, 0) is 11.3 Å². The molecule has 1 aromatic rings. The first-order valence-electron chi connectivity index (χ1n) is 5.03. The minimum absolute atomic E-state index is 0.330. The molecule has 0 aromatic carbocycles. The molecule has 0 aliphatic carbocycles. The zero-order chi connectivity index (χ0) is 12.1. The highest BCUT2D eigenvalue weighted by Crippen LogP contribution is 2.20. The lowest BCUT2D eigenvalue weighted by molar-refractivity contribution is 0.112. The number of halogens is 2. The quantitative estimate of drug-likeness (QED) is 0.764. The first-order chi connectivity index (χ1) is 7.54. The van der Waals surface area contributed by atoms with Gasteiger partial charge >= 0.3 is 0 Å². The molecule has 0 bridgehead atoms. The molecule has 1 aromatic heterocycles. The van der Waals surface area contributed by atoms with Gasteiger partial charge < -0.3 is 4.74 Å². The van der Waals surface area contributed by atoms with Gasteiger partial charge in [0.1, 0.15) is 5.15 Å². The van der Waals surface area contributed by atoms with E-state index in [1.165, 1.54) is 0 Å². The summed E-state index contributed by atoms with van der Waals surface area (Å²) in [6.07, 6.45) is 1.71. The maximum Gasteiger partial charge on any atom is 0.130 e. The van der Waals surface area contributed by atoms with E-state index < -0.39 is 0 Å². The van der Waals surface area contributed by atoms with Gasteiger partial charge in [-0.3, -0.25) is 4.90 Å². The summed E-state index contributed by atoms with van der Waals surface area (Å²) in [7, 11) is 3.72. The van der Waals surface area contributed by atoms with Crippen molar-refractivity contribution in [2.24, 2.45) is 0 Å². The molecule has 0 spiro atoms. The molecule has 1 unspecified atom stereocenters. The molecule has 1 rings (SSSR count). The third-order valence-electron chi connectivity index (χ3n) is 2.48. The van der Waals surface area contributed by atoms with E-state index in [1.54, 1.807) is 19.4 Å². The molecule has 0 fully saturated rings. The van der Waals surface area contributed by atoms with Crippen LogP contribution in [0.15, 0.2) is 12.3 Å². The summed E-state index contributed by atoms with van der Waals surface area (Å²) in [6.45, 7) is 3.52. The summed E-state index contributed by atoms with van der Waals surface area (Å²) >= 11 is 11.8. The van der Waals surface area contributed by atoms with Crippen LogP contribution in [-0.4, -0.2) is 36.7 Å². The van der Waals surface area contributed by atoms with E-state index in [1.807, 2.05) is 7.05 Å². The molecular weight excluding hydrogens is 247 g/mol. The molecule has 1 heterocycles. The summed E-state index contributed by atoms with van der Waals surface area (Å²) in [4.78, 5) is 6.17. The Bertz CT molecular complexity index is 347. The maximum atomic E-state index is 6.07. The van der Waals surface area contributed by atoms with E-state index in [9.17, 15) is 0 Å². The van der Waals surface area contributed by atoms with Crippen molar-refractivity contribution < 1.29 is 4.74 Å². The smallest absolute Gasteiger partial charge is 0.130 e. The number of nitrogens with zero attached hydrogens (tertiary/aromatic N) is 2. The van der Waals surface area contributed by atoms with Crippen LogP contribution >= 0.6 is 23.2 Å². The zero-order valence-corrected chi connectivity index (χ0v) is 11.2. The van der Waals surface area contributed by atoms with Crippen LogP contribution in [0.1, 0.15) is 12.5 Å². The number of hydrogen-bond acceptors (Lipinski definition) is 3. The molecule has 1 atom stereocenters. The summed E-state index contributed by atoms with van der Waals surface area (Å²) in [5, 5.41) is 1.07. The van der Waals surface area contributed by atoms with Crippen molar-refractivity contribution in [2.75, 3.05) is 20.8 Å². The first-order valence-corrected chi connectivity index (χ1v) is 5.79. The number of ether oxygens (including phenoxy) is 1. The highest BCUT2D eigenvalue weighted by molar-refractivity contribution is 6.34. The van der Waals surface area contributed by atoms with Crippen LogP contribution in [0.4, 0.5) is 0 Å². The van der Waals surface area contributed by atoms with Crippen molar-refractivity contribution in [2.45, 2.75) is 19.5 Å². The van der Waals surface area contributed by atoms with Gasteiger partial charge in [-0.05, 0) is 20.0 Å². The van der Waals surface area contributed by atoms with Gasteiger partial charge in [-0.15, -0.1) is 0 Å². The van der Waals surface area contributed by atoms with Gasteiger partial charge in [0.05, 0.1) is 6.61 Å². The lowest BCUT2D eigenvalue weighted by Crippen LogP contribution is -2.32. The van der Waals surface area contributed by atoms with Crippen molar-refractivity contribution in [3.63, 3.8) is 0 Å². The molecule has 0 N–H and O–H groups in total. The van der Waals surface area contributed by atoms with Crippen LogP contribution in [0, 0.1) is 0 Å². The number of hydrogen-bond donors (Lipinski definition) is 0. The summed E-state index contributed by atoms with van der Waals surface area (Å²) in [5.41, 5.74) is 0.969. The molecule has 0 saturated heterocycles. The second-order valence-corrected chi connectivity index (χ2v) is 4.61. The molecule has 0 saturated carbocycles. The second kappa shape index (κ2) is 6.40. The topological polar surface area (TPSA) is 25.4 Å². The van der Waals surface area contributed by atoms with Gasteiger partial charge in [0.15, 0.2) is 0 Å². The normalized spacial score (nSPS) is 13.1. The zero-order valence-electron chi connectivity index (χ0n) is 9.70. The fourth-order valence-corrected chi connectivity index (χ4v) is 1.77. The van der Waals surface area contributed by atoms with Gasteiger partial charge in [0.2, 0.25) is 0 Å². The predicted molar refractivity (Wildman–Crippen MR) is 67.1 cm³/mol. The Morgan fingerprint density at radius 2 is 2.19 bits per heavy atom. The van der Waals surface area contributed by atoms with Gasteiger partial charge in [-0.2, -0.15) is 0 Å². The number of aromatic nitrogens is 1. The van der Waals surface area contributed by atoms with E-state index in [0.29, 0.717) is 22.8 Å². The summed E-state index contributed by atoms with van der Waals surface area (Å²) in [5.74, 6) is 0. The van der Waals surface area contributed by atoms with Crippen LogP contribution in [0.5, 0.6) is 0 Å². The van der Waals surface area contributed by atoms with Crippen LogP contribution < -0.4 is 0 Å². The molecule has 3 nitrogen and oxygen atoms in total. The van der Waals surface area contributed by atoms with Crippen molar-refractivity contribution in [1.29, 1.82) is 0 Å². The number of methoxy groups -OCH3 is 1. The van der Waals surface area contributed by atoms with Crippen molar-refractivity contribution in [3.05, 3.63) is 28.0 Å². The third kappa shape index (κ3) is 3.91. The fraction of sp³-hybridized carbons (Fsp3) is 0.545. The average Bonchev–Trinajstić information content (AvgIpc) is 2.22. The summed E-state index contributed by atoms with van der Waals surface area (Å²) in [6, 6.07) is 1.99. The van der Waals surface area contributed by atoms with Crippen molar-refractivity contribution >= 4 is 23.2 Å². The Hall–Kier alpha value is -0.350. The van der Waals surface area contributed by atoms with Crippen LogP contribution in [0.2, 0.25) is 10.2 Å². The van der Waals surface area contributed by atoms with E-state index in [4.69, 9.17) is 27.9 Å². The minimum atomic E-state index is 0.330. The third-order valence-corrected chi connectivity index (χ3v) is 3.03. The molecule has 0 aliphatic rings. The Morgan fingerprint density at radius 3 is 2.75 bits per heavy atom. The lowest BCUT2D eigenvalue weighted by atomic mass is 10.2. The molecule has 0 amide bonds. The summed E-state index contributed by atoms with van der Waals surface area (Å²) < 4.78 is 5.10. The largest absolute Gasteiger partial charge is 0.383 e.